The highest BCUT2D eigenvalue weighted by Gasteiger charge is 2.08. The second kappa shape index (κ2) is 4.72. The van der Waals surface area contributed by atoms with Crippen molar-refractivity contribution in [1.82, 2.24) is 0 Å². The first-order valence-corrected chi connectivity index (χ1v) is 4.43. The van der Waals surface area contributed by atoms with E-state index in [2.05, 4.69) is 0 Å². The van der Waals surface area contributed by atoms with Crippen LogP contribution in [0, 0.1) is 0 Å². The van der Waals surface area contributed by atoms with Crippen LogP contribution in [0.25, 0.3) is 0 Å². The number of benzene rings is 1. The third-order valence-electron chi connectivity index (χ3n) is 2.04. The molecule has 0 saturated heterocycles. The lowest BCUT2D eigenvalue weighted by Gasteiger charge is -2.11. The Labute approximate surface area is 83.8 Å². The number of rotatable bonds is 4. The molecule has 0 fully saturated rings. The summed E-state index contributed by atoms with van der Waals surface area (Å²) >= 11 is 0. The summed E-state index contributed by atoms with van der Waals surface area (Å²) in [4.78, 5) is 0. The molecule has 1 rings (SSSR count). The van der Waals surface area contributed by atoms with Crippen LogP contribution < -0.4 is 20.9 Å². The Kier molecular flexibility index (Phi) is 3.59. The van der Waals surface area contributed by atoms with Crippen LogP contribution in [0.2, 0.25) is 0 Å². The Bertz CT molecular complexity index is 288. The van der Waals surface area contributed by atoms with Crippen LogP contribution in [0.5, 0.6) is 11.5 Å². The molecule has 4 nitrogen and oxygen atoms in total. The van der Waals surface area contributed by atoms with Crippen molar-refractivity contribution in [3.05, 3.63) is 17.7 Å². The van der Waals surface area contributed by atoms with Gasteiger partial charge >= 0.3 is 0 Å². The van der Waals surface area contributed by atoms with E-state index in [-0.39, 0.29) is 0 Å². The van der Waals surface area contributed by atoms with E-state index >= 15 is 0 Å². The molecule has 0 unspecified atom stereocenters. The Morgan fingerprint density at radius 2 is 1.64 bits per heavy atom. The lowest BCUT2D eigenvalue weighted by atomic mass is 10.1. The fourth-order valence-electron chi connectivity index (χ4n) is 1.30. The molecule has 0 aliphatic heterocycles. The highest BCUT2D eigenvalue weighted by Crippen LogP contribution is 2.32. The van der Waals surface area contributed by atoms with Crippen molar-refractivity contribution < 1.29 is 9.47 Å². The molecule has 0 heterocycles. The molecule has 0 aliphatic rings. The normalized spacial score (nSPS) is 9.93. The summed E-state index contributed by atoms with van der Waals surface area (Å²) in [5, 5.41) is 0. The van der Waals surface area contributed by atoms with Crippen LogP contribution in [0.15, 0.2) is 12.1 Å². The van der Waals surface area contributed by atoms with Gasteiger partial charge in [0.15, 0.2) is 0 Å². The van der Waals surface area contributed by atoms with Gasteiger partial charge in [0.25, 0.3) is 0 Å². The minimum atomic E-state index is 0.524. The number of methoxy groups -OCH3 is 2. The van der Waals surface area contributed by atoms with Crippen LogP contribution in [-0.2, 0) is 6.42 Å². The van der Waals surface area contributed by atoms with Gasteiger partial charge in [-0.15, -0.1) is 0 Å². The first-order valence-electron chi connectivity index (χ1n) is 4.43. The molecule has 14 heavy (non-hydrogen) atoms. The molecule has 78 valence electrons. The molecule has 4 heteroatoms. The molecule has 0 aliphatic carbocycles. The van der Waals surface area contributed by atoms with Crippen molar-refractivity contribution in [2.24, 2.45) is 5.73 Å². The van der Waals surface area contributed by atoms with Gasteiger partial charge in [-0.05, 0) is 30.7 Å². The zero-order valence-electron chi connectivity index (χ0n) is 8.54. The number of nitrogens with two attached hydrogens (primary N) is 2. The summed E-state index contributed by atoms with van der Waals surface area (Å²) in [6.07, 6.45) is 0.785. The molecule has 1 aromatic carbocycles. The lowest BCUT2D eigenvalue weighted by Crippen LogP contribution is -2.04. The minimum Gasteiger partial charge on any atom is -0.494 e. The number of ether oxygens (including phenoxy) is 2. The van der Waals surface area contributed by atoms with Crippen molar-refractivity contribution in [2.75, 3.05) is 26.5 Å². The van der Waals surface area contributed by atoms with Crippen molar-refractivity contribution in [3.63, 3.8) is 0 Å². The SMILES string of the molecule is COc1cc(CCN)cc(OC)c1N. The van der Waals surface area contributed by atoms with Crippen LogP contribution in [-0.4, -0.2) is 20.8 Å². The highest BCUT2D eigenvalue weighted by atomic mass is 16.5. The fraction of sp³-hybridized carbons (Fsp3) is 0.400. The summed E-state index contributed by atoms with van der Waals surface area (Å²) in [6, 6.07) is 3.76. The van der Waals surface area contributed by atoms with Gasteiger partial charge in [-0.3, -0.25) is 0 Å². The average molecular weight is 196 g/mol. The lowest BCUT2D eigenvalue weighted by molar-refractivity contribution is 0.397. The second-order valence-electron chi connectivity index (χ2n) is 2.95. The van der Waals surface area contributed by atoms with E-state index in [0.717, 1.165) is 12.0 Å². The number of anilines is 1. The zero-order chi connectivity index (χ0) is 10.6. The number of nitrogen functional groups attached to an aromatic ring is 1. The number of hydrogen-bond donors (Lipinski definition) is 2. The molecule has 0 aromatic heterocycles. The van der Waals surface area contributed by atoms with E-state index in [4.69, 9.17) is 20.9 Å². The zero-order valence-corrected chi connectivity index (χ0v) is 8.54. The average Bonchev–Trinajstić information content (AvgIpc) is 2.20. The van der Waals surface area contributed by atoms with E-state index < -0.39 is 0 Å². The van der Waals surface area contributed by atoms with Gasteiger partial charge in [-0.25, -0.2) is 0 Å². The van der Waals surface area contributed by atoms with Crippen molar-refractivity contribution in [1.29, 1.82) is 0 Å². The van der Waals surface area contributed by atoms with E-state index in [9.17, 15) is 0 Å². The molecule has 0 bridgehead atoms. The maximum atomic E-state index is 5.79. The molecule has 0 spiro atoms. The van der Waals surface area contributed by atoms with Gasteiger partial charge in [0.1, 0.15) is 17.2 Å². The van der Waals surface area contributed by atoms with Crippen molar-refractivity contribution in [3.8, 4) is 11.5 Å². The number of hydrogen-bond acceptors (Lipinski definition) is 4. The standard InChI is InChI=1S/C10H16N2O2/c1-13-8-5-7(3-4-11)6-9(14-2)10(8)12/h5-6H,3-4,11-12H2,1-2H3. The summed E-state index contributed by atoms with van der Waals surface area (Å²) < 4.78 is 10.3. The van der Waals surface area contributed by atoms with Crippen molar-refractivity contribution >= 4 is 5.69 Å². The predicted molar refractivity (Wildman–Crippen MR) is 56.7 cm³/mol. The Hall–Kier alpha value is -1.42. The molecular formula is C10H16N2O2. The second-order valence-corrected chi connectivity index (χ2v) is 2.95. The van der Waals surface area contributed by atoms with E-state index in [1.54, 1.807) is 14.2 Å². The van der Waals surface area contributed by atoms with Crippen LogP contribution in [0.3, 0.4) is 0 Å². The summed E-state index contributed by atoms with van der Waals surface area (Å²) in [7, 11) is 3.16. The Balaban J connectivity index is 3.11. The largest absolute Gasteiger partial charge is 0.494 e. The first-order chi connectivity index (χ1) is 6.72. The minimum absolute atomic E-state index is 0.524. The van der Waals surface area contributed by atoms with Gasteiger partial charge in [-0.2, -0.15) is 0 Å². The van der Waals surface area contributed by atoms with Crippen LogP contribution in [0.4, 0.5) is 5.69 Å². The maximum Gasteiger partial charge on any atom is 0.145 e. The molecular weight excluding hydrogens is 180 g/mol. The maximum absolute atomic E-state index is 5.79. The van der Waals surface area contributed by atoms with E-state index in [0.29, 0.717) is 23.7 Å². The van der Waals surface area contributed by atoms with Gasteiger partial charge in [0, 0.05) is 0 Å². The van der Waals surface area contributed by atoms with Crippen LogP contribution >= 0.6 is 0 Å². The summed E-state index contributed by atoms with van der Waals surface area (Å²) in [5.74, 6) is 1.26. The third kappa shape index (κ3) is 2.09. The van der Waals surface area contributed by atoms with Gasteiger partial charge in [0.05, 0.1) is 14.2 Å². The molecule has 4 N–H and O–H groups in total. The van der Waals surface area contributed by atoms with E-state index in [1.165, 1.54) is 0 Å². The third-order valence-corrected chi connectivity index (χ3v) is 2.04. The quantitative estimate of drug-likeness (QED) is 0.698. The van der Waals surface area contributed by atoms with Gasteiger partial charge in [0.2, 0.25) is 0 Å². The molecule has 1 aromatic rings. The van der Waals surface area contributed by atoms with Gasteiger partial charge in [-0.1, -0.05) is 0 Å². The molecule has 0 amide bonds. The topological polar surface area (TPSA) is 70.5 Å². The Morgan fingerprint density at radius 3 is 2.00 bits per heavy atom. The smallest absolute Gasteiger partial charge is 0.145 e. The monoisotopic (exact) mass is 196 g/mol. The van der Waals surface area contributed by atoms with Crippen LogP contribution in [0.1, 0.15) is 5.56 Å². The Morgan fingerprint density at radius 1 is 1.14 bits per heavy atom. The molecule has 0 atom stereocenters. The predicted octanol–water partition coefficient (Wildman–Crippen LogP) is 0.787. The highest BCUT2D eigenvalue weighted by molar-refractivity contribution is 5.64. The fourth-order valence-corrected chi connectivity index (χ4v) is 1.30. The van der Waals surface area contributed by atoms with E-state index in [1.807, 2.05) is 12.1 Å². The summed E-state index contributed by atoms with van der Waals surface area (Å²) in [5.41, 5.74) is 12.8. The first kappa shape index (κ1) is 10.7. The van der Waals surface area contributed by atoms with Crippen molar-refractivity contribution in [2.45, 2.75) is 6.42 Å². The molecule has 0 radical (unpaired) electrons. The summed E-state index contributed by atoms with van der Waals surface area (Å²) in [6.45, 7) is 0.593. The molecule has 0 saturated carbocycles. The van der Waals surface area contributed by atoms with Gasteiger partial charge < -0.3 is 20.9 Å².